The van der Waals surface area contributed by atoms with Gasteiger partial charge < -0.3 is 5.32 Å². The fourth-order valence-electron chi connectivity index (χ4n) is 1.85. The van der Waals surface area contributed by atoms with E-state index in [2.05, 4.69) is 21.5 Å². The van der Waals surface area contributed by atoms with Crippen LogP contribution in [0.4, 0.5) is 10.3 Å². The fraction of sp³-hybridized carbons (Fsp3) is 0.600. The third-order valence-corrected chi connectivity index (χ3v) is 3.77. The van der Waals surface area contributed by atoms with Gasteiger partial charge in [0.1, 0.15) is 0 Å². The Morgan fingerprint density at radius 1 is 1.40 bits per heavy atom. The maximum atomic E-state index is 12.6. The average molecular weight is 227 g/mol. The van der Waals surface area contributed by atoms with E-state index in [0.717, 1.165) is 18.1 Å². The quantitative estimate of drug-likeness (QED) is 0.860. The molecule has 0 radical (unpaired) electrons. The first-order chi connectivity index (χ1) is 7.28. The third-order valence-electron chi connectivity index (χ3n) is 2.67. The highest BCUT2D eigenvalue weighted by atomic mass is 32.2. The predicted octanol–water partition coefficient (Wildman–Crippen LogP) is 2.31. The number of halogens is 1. The molecule has 82 valence electrons. The predicted molar refractivity (Wildman–Crippen MR) is 60.6 cm³/mol. The smallest absolute Gasteiger partial charge is 0.222 e. The van der Waals surface area contributed by atoms with E-state index in [1.54, 1.807) is 0 Å². The number of nitrogens with one attached hydrogen (secondary N) is 1. The van der Waals surface area contributed by atoms with Crippen molar-refractivity contribution in [3.05, 3.63) is 18.2 Å². The molecule has 1 heterocycles. The number of hydrogen-bond acceptors (Lipinski definition) is 4. The number of rotatable bonds is 3. The van der Waals surface area contributed by atoms with E-state index in [-0.39, 0.29) is 0 Å². The van der Waals surface area contributed by atoms with Crippen molar-refractivity contribution in [1.82, 2.24) is 9.97 Å². The molecule has 0 spiro atoms. The maximum Gasteiger partial charge on any atom is 0.222 e. The molecule has 0 bridgehead atoms. The van der Waals surface area contributed by atoms with Crippen LogP contribution in [0.25, 0.3) is 0 Å². The second kappa shape index (κ2) is 4.79. The lowest BCUT2D eigenvalue weighted by molar-refractivity contribution is 0.612. The zero-order valence-electron chi connectivity index (χ0n) is 8.61. The summed E-state index contributed by atoms with van der Waals surface area (Å²) in [6, 6.07) is 0.438. The van der Waals surface area contributed by atoms with Crippen molar-refractivity contribution >= 4 is 17.7 Å². The fourth-order valence-corrected chi connectivity index (χ4v) is 2.65. The van der Waals surface area contributed by atoms with Crippen LogP contribution in [0.15, 0.2) is 12.4 Å². The van der Waals surface area contributed by atoms with Crippen molar-refractivity contribution in [3.63, 3.8) is 0 Å². The Labute approximate surface area is 92.9 Å². The highest BCUT2D eigenvalue weighted by Crippen LogP contribution is 2.29. The molecular formula is C10H14FN3S. The summed E-state index contributed by atoms with van der Waals surface area (Å²) < 4.78 is 12.6. The van der Waals surface area contributed by atoms with Gasteiger partial charge in [0.25, 0.3) is 0 Å². The summed E-state index contributed by atoms with van der Waals surface area (Å²) in [5.74, 6) is 0.136. The third kappa shape index (κ3) is 2.81. The molecule has 0 aromatic carbocycles. The Kier molecular flexibility index (Phi) is 3.41. The van der Waals surface area contributed by atoms with Crippen molar-refractivity contribution in [2.75, 3.05) is 11.6 Å². The number of thioether (sulfide) groups is 1. The van der Waals surface area contributed by atoms with E-state index in [1.807, 2.05) is 11.8 Å². The van der Waals surface area contributed by atoms with Crippen molar-refractivity contribution in [1.29, 1.82) is 0 Å². The van der Waals surface area contributed by atoms with E-state index in [9.17, 15) is 4.39 Å². The highest BCUT2D eigenvalue weighted by molar-refractivity contribution is 7.99. The largest absolute Gasteiger partial charge is 0.351 e. The van der Waals surface area contributed by atoms with Gasteiger partial charge in [-0.3, -0.25) is 0 Å². The van der Waals surface area contributed by atoms with Crippen molar-refractivity contribution in [2.24, 2.45) is 0 Å². The topological polar surface area (TPSA) is 37.8 Å². The Bertz CT molecular complexity index is 317. The first kappa shape index (κ1) is 10.7. The summed E-state index contributed by atoms with van der Waals surface area (Å²) >= 11 is 1.91. The van der Waals surface area contributed by atoms with Crippen LogP contribution in [-0.2, 0) is 0 Å². The summed E-state index contributed by atoms with van der Waals surface area (Å²) in [5, 5.41) is 3.97. The van der Waals surface area contributed by atoms with Gasteiger partial charge in [0.2, 0.25) is 5.95 Å². The minimum Gasteiger partial charge on any atom is -0.351 e. The summed E-state index contributed by atoms with van der Waals surface area (Å²) in [7, 11) is 0. The van der Waals surface area contributed by atoms with E-state index in [0.29, 0.717) is 12.0 Å². The average Bonchev–Trinajstić information content (AvgIpc) is 2.69. The Morgan fingerprint density at radius 3 is 2.73 bits per heavy atom. The lowest BCUT2D eigenvalue weighted by atomic mass is 10.2. The molecular weight excluding hydrogens is 213 g/mol. The van der Waals surface area contributed by atoms with Crippen molar-refractivity contribution in [2.45, 2.75) is 30.6 Å². The Morgan fingerprint density at radius 2 is 2.13 bits per heavy atom. The van der Waals surface area contributed by atoms with Gasteiger partial charge >= 0.3 is 0 Å². The molecule has 2 rings (SSSR count). The first-order valence-electron chi connectivity index (χ1n) is 5.05. The van der Waals surface area contributed by atoms with Crippen LogP contribution in [-0.4, -0.2) is 27.5 Å². The monoisotopic (exact) mass is 227 g/mol. The molecule has 1 N–H and O–H groups in total. The van der Waals surface area contributed by atoms with Crippen LogP contribution in [0.1, 0.15) is 19.3 Å². The van der Waals surface area contributed by atoms with Crippen LogP contribution in [0.3, 0.4) is 0 Å². The molecule has 2 unspecified atom stereocenters. The zero-order valence-corrected chi connectivity index (χ0v) is 9.43. The number of nitrogens with zero attached hydrogens (tertiary/aromatic N) is 2. The van der Waals surface area contributed by atoms with E-state index in [4.69, 9.17) is 0 Å². The molecule has 5 heteroatoms. The van der Waals surface area contributed by atoms with Crippen LogP contribution < -0.4 is 5.32 Å². The number of anilines is 1. The molecule has 0 saturated heterocycles. The van der Waals surface area contributed by atoms with Crippen LogP contribution in [0.5, 0.6) is 0 Å². The summed E-state index contributed by atoms with van der Waals surface area (Å²) in [6.45, 7) is 0. The van der Waals surface area contributed by atoms with E-state index >= 15 is 0 Å². The minimum atomic E-state index is -0.394. The molecule has 1 aliphatic rings. The molecule has 1 fully saturated rings. The van der Waals surface area contributed by atoms with Gasteiger partial charge in [-0.1, -0.05) is 0 Å². The normalized spacial score (nSPS) is 25.5. The lowest BCUT2D eigenvalue weighted by Crippen LogP contribution is -2.17. The standard InChI is InChI=1S/C10H14FN3S/c1-15-9-3-2-8(4-9)14-10-12-5-7(11)6-13-10/h5-6,8-9H,2-4H2,1H3,(H,12,13,14). The van der Waals surface area contributed by atoms with E-state index in [1.165, 1.54) is 18.8 Å². The van der Waals surface area contributed by atoms with Gasteiger partial charge in [-0.2, -0.15) is 11.8 Å². The second-order valence-electron chi connectivity index (χ2n) is 3.74. The molecule has 1 aromatic rings. The minimum absolute atomic E-state index is 0.394. The lowest BCUT2D eigenvalue weighted by Gasteiger charge is -2.11. The molecule has 3 nitrogen and oxygen atoms in total. The maximum absolute atomic E-state index is 12.6. The Balaban J connectivity index is 1.90. The SMILES string of the molecule is CSC1CCC(Nc2ncc(F)cn2)C1. The van der Waals surface area contributed by atoms with E-state index < -0.39 is 5.82 Å². The van der Waals surface area contributed by atoms with Gasteiger partial charge in [-0.15, -0.1) is 0 Å². The van der Waals surface area contributed by atoms with Gasteiger partial charge in [-0.25, -0.2) is 14.4 Å². The molecule has 2 atom stereocenters. The van der Waals surface area contributed by atoms with Gasteiger partial charge in [0.05, 0.1) is 12.4 Å². The zero-order chi connectivity index (χ0) is 10.7. The summed E-state index contributed by atoms with van der Waals surface area (Å²) in [5.41, 5.74) is 0. The van der Waals surface area contributed by atoms with Crippen LogP contribution >= 0.6 is 11.8 Å². The summed E-state index contributed by atoms with van der Waals surface area (Å²) in [6.07, 6.45) is 8.04. The molecule has 1 aliphatic carbocycles. The molecule has 1 saturated carbocycles. The van der Waals surface area contributed by atoms with Gasteiger partial charge in [0.15, 0.2) is 5.82 Å². The van der Waals surface area contributed by atoms with Crippen molar-refractivity contribution < 1.29 is 4.39 Å². The molecule has 1 aromatic heterocycles. The molecule has 15 heavy (non-hydrogen) atoms. The van der Waals surface area contributed by atoms with Gasteiger partial charge in [0, 0.05) is 11.3 Å². The van der Waals surface area contributed by atoms with Crippen LogP contribution in [0, 0.1) is 5.82 Å². The van der Waals surface area contributed by atoms with Crippen LogP contribution in [0.2, 0.25) is 0 Å². The summed E-state index contributed by atoms with van der Waals surface area (Å²) in [4.78, 5) is 7.78. The molecule has 0 amide bonds. The van der Waals surface area contributed by atoms with Gasteiger partial charge in [-0.05, 0) is 25.5 Å². The van der Waals surface area contributed by atoms with Crippen molar-refractivity contribution in [3.8, 4) is 0 Å². The Hall–Kier alpha value is -0.840. The second-order valence-corrected chi connectivity index (χ2v) is 4.87. The molecule has 0 aliphatic heterocycles. The first-order valence-corrected chi connectivity index (χ1v) is 6.33. The number of aromatic nitrogens is 2. The highest BCUT2D eigenvalue weighted by Gasteiger charge is 2.24. The number of hydrogen-bond donors (Lipinski definition) is 1.